The number of anilines is 1. The lowest BCUT2D eigenvalue weighted by Gasteiger charge is -2.21. The number of carbonyl (C=O) groups is 2. The van der Waals surface area contributed by atoms with Crippen molar-refractivity contribution in [3.05, 3.63) is 65.5 Å². The molecule has 0 unspecified atom stereocenters. The summed E-state index contributed by atoms with van der Waals surface area (Å²) in [5.74, 6) is 0.504. The van der Waals surface area contributed by atoms with E-state index < -0.39 is 17.6 Å². The number of nitrogens with two attached hydrogens (primary N) is 1. The summed E-state index contributed by atoms with van der Waals surface area (Å²) in [5, 5.41) is 0. The molecule has 2 N–H and O–H groups in total. The molecular weight excluding hydrogens is 283 g/mol. The van der Waals surface area contributed by atoms with E-state index in [1.165, 1.54) is 35.2 Å². The van der Waals surface area contributed by atoms with E-state index in [1.54, 1.807) is 18.2 Å². The van der Waals surface area contributed by atoms with Gasteiger partial charge in [-0.3, -0.25) is 14.5 Å². The molecule has 0 aliphatic carbocycles. The van der Waals surface area contributed by atoms with Gasteiger partial charge in [-0.05, 0) is 30.3 Å². The molecule has 22 heavy (non-hydrogen) atoms. The molecule has 110 valence electrons. The minimum Gasteiger partial charge on any atom is -0.366 e. The molecule has 0 saturated heterocycles. The van der Waals surface area contributed by atoms with Gasteiger partial charge < -0.3 is 5.73 Å². The Hall–Kier alpha value is -3.13. The van der Waals surface area contributed by atoms with Crippen molar-refractivity contribution in [3.8, 4) is 12.3 Å². The SMILES string of the molecule is C#CCN(C(=O)c1ccccc1F)c1cccc(C(N)=O)c1. The van der Waals surface area contributed by atoms with Crippen molar-refractivity contribution < 1.29 is 14.0 Å². The van der Waals surface area contributed by atoms with Crippen LogP contribution in [0.15, 0.2) is 48.5 Å². The summed E-state index contributed by atoms with van der Waals surface area (Å²) in [5.41, 5.74) is 5.74. The first kappa shape index (κ1) is 15.3. The van der Waals surface area contributed by atoms with Gasteiger partial charge in [0.1, 0.15) is 5.82 Å². The van der Waals surface area contributed by atoms with Crippen molar-refractivity contribution in [2.75, 3.05) is 11.4 Å². The molecule has 0 fully saturated rings. The van der Waals surface area contributed by atoms with Crippen LogP contribution >= 0.6 is 0 Å². The van der Waals surface area contributed by atoms with Crippen LogP contribution in [-0.2, 0) is 0 Å². The van der Waals surface area contributed by atoms with Crippen molar-refractivity contribution in [2.24, 2.45) is 5.73 Å². The molecule has 0 aliphatic heterocycles. The number of halogens is 1. The molecule has 2 aromatic rings. The van der Waals surface area contributed by atoms with Gasteiger partial charge in [0.15, 0.2) is 0 Å². The zero-order chi connectivity index (χ0) is 16.1. The fourth-order valence-corrected chi connectivity index (χ4v) is 1.98. The van der Waals surface area contributed by atoms with E-state index in [0.29, 0.717) is 5.69 Å². The monoisotopic (exact) mass is 296 g/mol. The fourth-order valence-electron chi connectivity index (χ4n) is 1.98. The van der Waals surface area contributed by atoms with Crippen LogP contribution in [0.4, 0.5) is 10.1 Å². The van der Waals surface area contributed by atoms with Crippen molar-refractivity contribution in [3.63, 3.8) is 0 Å². The van der Waals surface area contributed by atoms with E-state index in [0.717, 1.165) is 0 Å². The van der Waals surface area contributed by atoms with E-state index in [4.69, 9.17) is 12.2 Å². The Morgan fingerprint density at radius 3 is 2.55 bits per heavy atom. The van der Waals surface area contributed by atoms with Crippen LogP contribution in [0, 0.1) is 18.2 Å². The Bertz CT molecular complexity index is 765. The third-order valence-electron chi connectivity index (χ3n) is 3.04. The largest absolute Gasteiger partial charge is 0.366 e. The van der Waals surface area contributed by atoms with E-state index >= 15 is 0 Å². The van der Waals surface area contributed by atoms with E-state index in [9.17, 15) is 14.0 Å². The normalized spacial score (nSPS) is 9.82. The minimum absolute atomic E-state index is 0.0601. The number of nitrogens with zero attached hydrogens (tertiary/aromatic N) is 1. The van der Waals surface area contributed by atoms with Gasteiger partial charge in [0, 0.05) is 11.3 Å². The van der Waals surface area contributed by atoms with E-state index in [-0.39, 0.29) is 17.7 Å². The van der Waals surface area contributed by atoms with Crippen LogP contribution in [0.3, 0.4) is 0 Å². The molecule has 0 heterocycles. The van der Waals surface area contributed by atoms with Crippen molar-refractivity contribution in [1.29, 1.82) is 0 Å². The predicted molar refractivity (Wildman–Crippen MR) is 81.9 cm³/mol. The van der Waals surface area contributed by atoms with Crippen LogP contribution < -0.4 is 10.6 Å². The third-order valence-corrected chi connectivity index (χ3v) is 3.04. The number of rotatable bonds is 4. The minimum atomic E-state index is -0.638. The molecule has 0 radical (unpaired) electrons. The first-order chi connectivity index (χ1) is 10.5. The van der Waals surface area contributed by atoms with Crippen LogP contribution in [0.25, 0.3) is 0 Å². The molecule has 2 amide bonds. The lowest BCUT2D eigenvalue weighted by atomic mass is 10.1. The summed E-state index contributed by atoms with van der Waals surface area (Å²) >= 11 is 0. The number of carbonyl (C=O) groups excluding carboxylic acids is 2. The van der Waals surface area contributed by atoms with Crippen LogP contribution in [0.2, 0.25) is 0 Å². The zero-order valence-electron chi connectivity index (χ0n) is 11.6. The summed E-state index contributed by atoms with van der Waals surface area (Å²) in [6, 6.07) is 11.8. The Morgan fingerprint density at radius 2 is 1.91 bits per heavy atom. The van der Waals surface area contributed by atoms with Crippen molar-refractivity contribution in [2.45, 2.75) is 0 Å². The lowest BCUT2D eigenvalue weighted by molar-refractivity contribution is 0.0980. The summed E-state index contributed by atoms with van der Waals surface area (Å²) in [7, 11) is 0. The van der Waals surface area contributed by atoms with E-state index in [2.05, 4.69) is 5.92 Å². The fraction of sp³-hybridized carbons (Fsp3) is 0.0588. The Morgan fingerprint density at radius 1 is 1.18 bits per heavy atom. The van der Waals surface area contributed by atoms with Crippen LogP contribution in [0.5, 0.6) is 0 Å². The van der Waals surface area contributed by atoms with Gasteiger partial charge in [0.05, 0.1) is 12.1 Å². The highest BCUT2D eigenvalue weighted by Crippen LogP contribution is 2.20. The Balaban J connectivity index is 2.45. The van der Waals surface area contributed by atoms with Crippen LogP contribution in [-0.4, -0.2) is 18.4 Å². The Labute approximate surface area is 127 Å². The molecule has 0 spiro atoms. The maximum atomic E-state index is 13.8. The van der Waals surface area contributed by atoms with Gasteiger partial charge in [-0.1, -0.05) is 24.1 Å². The highest BCUT2D eigenvalue weighted by atomic mass is 19.1. The molecule has 2 aromatic carbocycles. The van der Waals surface area contributed by atoms with Crippen LogP contribution in [0.1, 0.15) is 20.7 Å². The highest BCUT2D eigenvalue weighted by molar-refractivity contribution is 6.07. The molecule has 2 rings (SSSR count). The third kappa shape index (κ3) is 3.13. The molecule has 0 saturated carbocycles. The Kier molecular flexibility index (Phi) is 4.54. The summed E-state index contributed by atoms with van der Waals surface area (Å²) in [4.78, 5) is 25.0. The predicted octanol–water partition coefficient (Wildman–Crippen LogP) is 2.20. The molecule has 0 aromatic heterocycles. The maximum Gasteiger partial charge on any atom is 0.262 e. The number of terminal acetylenes is 1. The summed E-state index contributed by atoms with van der Waals surface area (Å²) in [6.45, 7) is -0.0601. The second kappa shape index (κ2) is 6.55. The maximum absolute atomic E-state index is 13.8. The van der Waals surface area contributed by atoms with Gasteiger partial charge in [0.2, 0.25) is 5.91 Å². The second-order valence-electron chi connectivity index (χ2n) is 4.49. The average molecular weight is 296 g/mol. The van der Waals surface area contributed by atoms with Gasteiger partial charge in [0.25, 0.3) is 5.91 Å². The number of amides is 2. The topological polar surface area (TPSA) is 63.4 Å². The number of hydrogen-bond donors (Lipinski definition) is 1. The highest BCUT2D eigenvalue weighted by Gasteiger charge is 2.20. The second-order valence-corrected chi connectivity index (χ2v) is 4.49. The number of primary amides is 1. The van der Waals surface area contributed by atoms with E-state index in [1.807, 2.05) is 0 Å². The smallest absolute Gasteiger partial charge is 0.262 e. The standard InChI is InChI=1S/C17H13FN2O2/c1-2-10-20(13-7-5-6-12(11-13)16(19)21)17(22)14-8-3-4-9-15(14)18/h1,3-9,11H,10H2,(H2,19,21). The average Bonchev–Trinajstić information content (AvgIpc) is 2.52. The quantitative estimate of drug-likeness (QED) is 0.879. The van der Waals surface area contributed by atoms with Crippen molar-refractivity contribution in [1.82, 2.24) is 0 Å². The van der Waals surface area contributed by atoms with Gasteiger partial charge in [-0.15, -0.1) is 6.42 Å². The number of benzene rings is 2. The molecular formula is C17H13FN2O2. The first-order valence-corrected chi connectivity index (χ1v) is 6.44. The molecule has 4 nitrogen and oxygen atoms in total. The van der Waals surface area contributed by atoms with Crippen molar-refractivity contribution >= 4 is 17.5 Å². The number of hydrogen-bond acceptors (Lipinski definition) is 2. The molecule has 0 aliphatic rings. The summed E-state index contributed by atoms with van der Waals surface area (Å²) in [6.07, 6.45) is 5.29. The molecule has 0 atom stereocenters. The summed E-state index contributed by atoms with van der Waals surface area (Å²) < 4.78 is 13.8. The molecule has 5 heteroatoms. The lowest BCUT2D eigenvalue weighted by Crippen LogP contribution is -2.32. The zero-order valence-corrected chi connectivity index (χ0v) is 11.6. The first-order valence-electron chi connectivity index (χ1n) is 6.44. The molecule has 0 bridgehead atoms. The van der Waals surface area contributed by atoms with Gasteiger partial charge >= 0.3 is 0 Å². The van der Waals surface area contributed by atoms with Gasteiger partial charge in [-0.25, -0.2) is 4.39 Å². The van der Waals surface area contributed by atoms with Gasteiger partial charge in [-0.2, -0.15) is 0 Å².